The molecule has 1 fully saturated rings. The van der Waals surface area contributed by atoms with E-state index in [-0.39, 0.29) is 13.2 Å². The van der Waals surface area contributed by atoms with Crippen LogP contribution in [-0.4, -0.2) is 133 Å². The van der Waals surface area contributed by atoms with Crippen molar-refractivity contribution in [1.82, 2.24) is 29.7 Å². The number of morpholine rings is 1. The Kier molecular flexibility index (Phi) is 16.2. The molecule has 0 bridgehead atoms. The van der Waals surface area contributed by atoms with Gasteiger partial charge >= 0.3 is 0 Å². The standard InChI is InChI=1S/C22H24BrFN4O4.C20H22BrFN4O3/c1-30-20-9-16-19(10-21(20)32-12-15(29)11-28-4-6-31-7-5-28)25-13-26-22(16)27-18-3-2-14(23)8-17(18)24;1-26(2)9-13(27)10-29-19-8-17-14(7-18(19)28-3)20(24-11-23-17)25-16-5-4-12(21)6-15(16)22/h2-3,8-10,13,15,29H,4-7,11-12H2,1H3,(H,25,26,27);4-8,11,13,27H,9-10H2,1-3H3,(H,23,24,25). The summed E-state index contributed by atoms with van der Waals surface area (Å²) in [5, 5.41) is 27.7. The molecule has 15 nitrogen and oxygen atoms in total. The van der Waals surface area contributed by atoms with Crippen molar-refractivity contribution in [1.29, 1.82) is 0 Å². The molecule has 0 aliphatic carbocycles. The van der Waals surface area contributed by atoms with E-state index in [0.29, 0.717) is 103 Å². The number of ether oxygens (including phenoxy) is 5. The molecule has 1 aliphatic rings. The van der Waals surface area contributed by atoms with E-state index in [4.69, 9.17) is 23.7 Å². The maximum Gasteiger partial charge on any atom is 0.163 e. The predicted octanol–water partition coefficient (Wildman–Crippen LogP) is 6.94. The zero-order valence-electron chi connectivity index (χ0n) is 33.9. The summed E-state index contributed by atoms with van der Waals surface area (Å²) in [7, 11) is 6.80. The van der Waals surface area contributed by atoms with Gasteiger partial charge < -0.3 is 49.4 Å². The zero-order valence-corrected chi connectivity index (χ0v) is 37.0. The average Bonchev–Trinajstić information content (AvgIpc) is 3.24. The first-order valence-electron chi connectivity index (χ1n) is 19.1. The summed E-state index contributed by atoms with van der Waals surface area (Å²) < 4.78 is 57.6. The Balaban J connectivity index is 0.000000205. The number of β-amino-alcohol motifs (C(OH)–C–C–N with tert-alkyl or cyclic N) is 1. The van der Waals surface area contributed by atoms with Crippen LogP contribution in [-0.2, 0) is 4.74 Å². The van der Waals surface area contributed by atoms with Gasteiger partial charge in [-0.2, -0.15) is 0 Å². The lowest BCUT2D eigenvalue weighted by Crippen LogP contribution is -2.42. The maximum absolute atomic E-state index is 14.3. The van der Waals surface area contributed by atoms with Gasteiger partial charge in [0.1, 0.15) is 61.3 Å². The molecule has 61 heavy (non-hydrogen) atoms. The van der Waals surface area contributed by atoms with Crippen LogP contribution in [0.1, 0.15) is 0 Å². The molecular formula is C42H46Br2F2N8O7. The first kappa shape index (κ1) is 45.5. The van der Waals surface area contributed by atoms with Crippen LogP contribution >= 0.6 is 31.9 Å². The summed E-state index contributed by atoms with van der Waals surface area (Å²) in [6, 6.07) is 16.4. The molecule has 0 amide bonds. The number of hydrogen-bond donors (Lipinski definition) is 4. The monoisotopic (exact) mass is 970 g/mol. The fraction of sp³-hybridized carbons (Fsp3) is 0.333. The van der Waals surface area contributed by atoms with Gasteiger partial charge in [-0.05, 0) is 62.6 Å². The molecule has 4 aromatic carbocycles. The molecule has 7 rings (SSSR count). The van der Waals surface area contributed by atoms with Gasteiger partial charge in [0.15, 0.2) is 23.0 Å². The van der Waals surface area contributed by atoms with Crippen molar-refractivity contribution in [3.8, 4) is 23.0 Å². The van der Waals surface area contributed by atoms with Crippen LogP contribution in [0.25, 0.3) is 21.8 Å². The lowest BCUT2D eigenvalue weighted by Gasteiger charge is -2.28. The molecule has 6 aromatic rings. The van der Waals surface area contributed by atoms with Gasteiger partial charge in [-0.1, -0.05) is 31.9 Å². The summed E-state index contributed by atoms with van der Waals surface area (Å²) in [5.74, 6) is 1.90. The number of anilines is 4. The highest BCUT2D eigenvalue weighted by Gasteiger charge is 2.19. The number of aliphatic hydroxyl groups excluding tert-OH is 2. The Morgan fingerprint density at radius 1 is 0.705 bits per heavy atom. The van der Waals surface area contributed by atoms with Crippen LogP contribution in [0.4, 0.5) is 31.8 Å². The second kappa shape index (κ2) is 21.7. The molecule has 2 unspecified atom stereocenters. The second-order valence-electron chi connectivity index (χ2n) is 14.1. The van der Waals surface area contributed by atoms with Crippen molar-refractivity contribution in [3.63, 3.8) is 0 Å². The highest BCUT2D eigenvalue weighted by molar-refractivity contribution is 9.10. The number of aromatic nitrogens is 4. The molecule has 3 heterocycles. The fourth-order valence-corrected chi connectivity index (χ4v) is 6.96. The molecular weight excluding hydrogens is 926 g/mol. The third kappa shape index (κ3) is 12.5. The van der Waals surface area contributed by atoms with Crippen LogP contribution in [0.5, 0.6) is 23.0 Å². The van der Waals surface area contributed by atoms with E-state index in [1.165, 1.54) is 39.0 Å². The number of aliphatic hydroxyl groups is 2. The molecule has 1 saturated heterocycles. The van der Waals surface area contributed by atoms with E-state index in [0.717, 1.165) is 13.1 Å². The van der Waals surface area contributed by atoms with Crippen LogP contribution in [0.2, 0.25) is 0 Å². The summed E-state index contributed by atoms with van der Waals surface area (Å²) in [6.07, 6.45) is 1.48. The van der Waals surface area contributed by atoms with E-state index in [9.17, 15) is 19.0 Å². The maximum atomic E-state index is 14.3. The van der Waals surface area contributed by atoms with Gasteiger partial charge in [0.2, 0.25) is 0 Å². The Labute approximate surface area is 368 Å². The Morgan fingerprint density at radius 3 is 1.62 bits per heavy atom. The third-order valence-corrected chi connectivity index (χ3v) is 10.2. The fourth-order valence-electron chi connectivity index (χ4n) is 6.29. The van der Waals surface area contributed by atoms with Gasteiger partial charge in [-0.15, -0.1) is 0 Å². The van der Waals surface area contributed by atoms with Gasteiger partial charge in [-0.3, -0.25) is 4.90 Å². The van der Waals surface area contributed by atoms with Crippen LogP contribution < -0.4 is 29.6 Å². The number of halogens is 4. The lowest BCUT2D eigenvalue weighted by molar-refractivity contribution is 0.00446. The van der Waals surface area contributed by atoms with Crippen molar-refractivity contribution in [2.24, 2.45) is 0 Å². The summed E-state index contributed by atoms with van der Waals surface area (Å²) in [4.78, 5) is 21.1. The number of fused-ring (bicyclic) bond motifs is 2. The highest BCUT2D eigenvalue weighted by atomic mass is 79.9. The van der Waals surface area contributed by atoms with Crippen molar-refractivity contribution < 1.29 is 42.7 Å². The highest BCUT2D eigenvalue weighted by Crippen LogP contribution is 2.37. The van der Waals surface area contributed by atoms with Gasteiger partial charge in [-0.25, -0.2) is 28.7 Å². The molecule has 0 spiro atoms. The number of likely N-dealkylation sites (N-methyl/N-ethyl adjacent to an activating group) is 1. The number of methoxy groups -OCH3 is 2. The van der Waals surface area contributed by atoms with Crippen molar-refractivity contribution >= 4 is 76.7 Å². The van der Waals surface area contributed by atoms with Crippen LogP contribution in [0.15, 0.2) is 82.3 Å². The summed E-state index contributed by atoms with van der Waals surface area (Å²) >= 11 is 6.49. The van der Waals surface area contributed by atoms with E-state index >= 15 is 0 Å². The average molecular weight is 973 g/mol. The Bertz CT molecular complexity index is 2420. The second-order valence-corrected chi connectivity index (χ2v) is 15.9. The quantitative estimate of drug-likeness (QED) is 0.0787. The van der Waals surface area contributed by atoms with Crippen molar-refractivity contribution in [2.45, 2.75) is 12.2 Å². The summed E-state index contributed by atoms with van der Waals surface area (Å²) in [5.41, 5.74) is 1.77. The van der Waals surface area contributed by atoms with Gasteiger partial charge in [0.25, 0.3) is 0 Å². The topological polar surface area (TPSA) is 169 Å². The van der Waals surface area contributed by atoms with Crippen LogP contribution in [0, 0.1) is 11.6 Å². The van der Waals surface area contributed by atoms with E-state index in [1.807, 2.05) is 19.0 Å². The minimum atomic E-state index is -0.656. The third-order valence-electron chi connectivity index (χ3n) is 9.22. The molecule has 19 heteroatoms. The van der Waals surface area contributed by atoms with Crippen molar-refractivity contribution in [2.75, 3.05) is 91.6 Å². The normalized spacial score (nSPS) is 14.0. The zero-order chi connectivity index (χ0) is 43.5. The minimum absolute atomic E-state index is 0.111. The summed E-state index contributed by atoms with van der Waals surface area (Å²) in [6.45, 7) is 4.14. The molecule has 324 valence electrons. The van der Waals surface area contributed by atoms with Gasteiger partial charge in [0.05, 0.1) is 49.8 Å². The van der Waals surface area contributed by atoms with E-state index < -0.39 is 23.8 Å². The molecule has 0 radical (unpaired) electrons. The predicted molar refractivity (Wildman–Crippen MR) is 236 cm³/mol. The lowest BCUT2D eigenvalue weighted by atomic mass is 10.2. The molecule has 0 saturated carbocycles. The number of hydrogen-bond acceptors (Lipinski definition) is 15. The largest absolute Gasteiger partial charge is 0.493 e. The molecule has 2 atom stereocenters. The number of benzene rings is 4. The molecule has 4 N–H and O–H groups in total. The van der Waals surface area contributed by atoms with E-state index in [1.54, 1.807) is 48.5 Å². The first-order chi connectivity index (χ1) is 29.4. The number of rotatable bonds is 16. The van der Waals surface area contributed by atoms with Gasteiger partial charge in [0, 0.05) is 58.0 Å². The first-order valence-corrected chi connectivity index (χ1v) is 20.7. The minimum Gasteiger partial charge on any atom is -0.493 e. The van der Waals surface area contributed by atoms with Crippen molar-refractivity contribution in [3.05, 3.63) is 93.9 Å². The Morgan fingerprint density at radius 2 is 1.18 bits per heavy atom. The Hall–Kier alpha value is -5.02. The smallest absolute Gasteiger partial charge is 0.163 e. The molecule has 2 aromatic heterocycles. The SMILES string of the molecule is COc1cc2c(Nc3ccc(Br)cc3F)ncnc2cc1OCC(O)CN(C)C.COc1cc2c(Nc3ccc(Br)cc3F)ncnc2cc1OCC(O)CN1CCOCC1. The molecule has 1 aliphatic heterocycles. The van der Waals surface area contributed by atoms with Crippen LogP contribution in [0.3, 0.4) is 0 Å². The number of nitrogens with zero attached hydrogens (tertiary/aromatic N) is 6. The van der Waals surface area contributed by atoms with E-state index in [2.05, 4.69) is 67.3 Å². The number of nitrogens with one attached hydrogen (secondary N) is 2.